The van der Waals surface area contributed by atoms with Gasteiger partial charge >= 0.3 is 0 Å². The van der Waals surface area contributed by atoms with Crippen molar-refractivity contribution in [3.05, 3.63) is 71.8 Å². The lowest BCUT2D eigenvalue weighted by molar-refractivity contribution is 0.230. The van der Waals surface area contributed by atoms with Gasteiger partial charge in [0.15, 0.2) is 11.8 Å². The number of aliphatic hydroxyl groups is 2. The molecular formula is C31H42N2O4. The first-order valence-electron chi connectivity index (χ1n) is 14.0. The van der Waals surface area contributed by atoms with Crippen LogP contribution in [-0.4, -0.2) is 48.4 Å². The van der Waals surface area contributed by atoms with Crippen molar-refractivity contribution in [3.8, 4) is 0 Å². The van der Waals surface area contributed by atoms with Crippen molar-refractivity contribution in [2.45, 2.75) is 76.3 Å². The molecule has 0 saturated heterocycles. The van der Waals surface area contributed by atoms with Crippen LogP contribution in [0.15, 0.2) is 70.6 Å². The first-order chi connectivity index (χ1) is 18.3. The first kappa shape index (κ1) is 27.3. The van der Waals surface area contributed by atoms with E-state index >= 15 is 0 Å². The fourth-order valence-corrected chi connectivity index (χ4v) is 5.39. The molecule has 0 radical (unpaired) electrons. The van der Waals surface area contributed by atoms with Crippen molar-refractivity contribution in [3.63, 3.8) is 0 Å². The molecule has 0 unspecified atom stereocenters. The number of aliphatic hydroxyl groups excluding tert-OH is 2. The Labute approximate surface area is 221 Å². The number of unbranched alkanes of at least 4 members (excludes halogenated alkanes) is 6. The molecular weight excluding hydrogens is 464 g/mol. The van der Waals surface area contributed by atoms with Crippen LogP contribution in [0.25, 0.3) is 0 Å². The molecule has 6 heteroatoms. The monoisotopic (exact) mass is 506 g/mol. The molecule has 0 aromatic heterocycles. The van der Waals surface area contributed by atoms with E-state index in [1.54, 1.807) is 0 Å². The third-order valence-corrected chi connectivity index (χ3v) is 7.51. The van der Waals surface area contributed by atoms with Crippen LogP contribution in [0.3, 0.4) is 0 Å². The van der Waals surface area contributed by atoms with Gasteiger partial charge in [0.25, 0.3) is 0 Å². The summed E-state index contributed by atoms with van der Waals surface area (Å²) in [7, 11) is 0. The highest BCUT2D eigenvalue weighted by atomic mass is 16.5. The average Bonchev–Trinajstić information content (AvgIpc) is 3.64. The van der Waals surface area contributed by atoms with Gasteiger partial charge < -0.3 is 19.7 Å². The Morgan fingerprint density at radius 1 is 0.595 bits per heavy atom. The third-order valence-electron chi connectivity index (χ3n) is 7.51. The molecule has 37 heavy (non-hydrogen) atoms. The molecule has 6 nitrogen and oxygen atoms in total. The predicted octanol–water partition coefficient (Wildman–Crippen LogP) is 6.20. The maximum absolute atomic E-state index is 9.24. The molecule has 2 aromatic rings. The molecule has 4 rings (SSSR count). The van der Waals surface area contributed by atoms with Crippen molar-refractivity contribution in [1.29, 1.82) is 0 Å². The summed E-state index contributed by atoms with van der Waals surface area (Å²) in [5.41, 5.74) is 1.83. The number of hydrogen-bond donors (Lipinski definition) is 2. The Bertz CT molecular complexity index is 911. The Kier molecular flexibility index (Phi) is 10.6. The van der Waals surface area contributed by atoms with Crippen LogP contribution in [0, 0.1) is 5.41 Å². The van der Waals surface area contributed by atoms with Crippen LogP contribution in [0.4, 0.5) is 0 Å². The van der Waals surface area contributed by atoms with Crippen LogP contribution in [0.2, 0.25) is 0 Å². The van der Waals surface area contributed by atoms with Crippen molar-refractivity contribution in [1.82, 2.24) is 0 Å². The van der Waals surface area contributed by atoms with Gasteiger partial charge in [0.2, 0.25) is 0 Å². The van der Waals surface area contributed by atoms with Gasteiger partial charge in [-0.3, -0.25) is 0 Å². The molecule has 2 atom stereocenters. The van der Waals surface area contributed by atoms with E-state index in [-0.39, 0.29) is 25.3 Å². The second kappa shape index (κ2) is 14.3. The lowest BCUT2D eigenvalue weighted by Crippen LogP contribution is -2.40. The zero-order valence-corrected chi connectivity index (χ0v) is 21.9. The van der Waals surface area contributed by atoms with Gasteiger partial charge in [-0.2, -0.15) is 0 Å². The number of rotatable bonds is 16. The number of ether oxygens (including phenoxy) is 2. The van der Waals surface area contributed by atoms with Crippen LogP contribution in [0.5, 0.6) is 0 Å². The molecule has 0 saturated carbocycles. The van der Waals surface area contributed by atoms with Gasteiger partial charge in [0, 0.05) is 13.2 Å². The topological polar surface area (TPSA) is 83.6 Å². The van der Waals surface area contributed by atoms with Crippen molar-refractivity contribution in [2.75, 3.05) is 26.4 Å². The fraction of sp³-hybridized carbons (Fsp3) is 0.548. The summed E-state index contributed by atoms with van der Waals surface area (Å²) in [5.74, 6) is 1.52. The smallest absolute Gasteiger partial charge is 0.200 e. The van der Waals surface area contributed by atoms with Crippen molar-refractivity contribution < 1.29 is 19.7 Å². The highest BCUT2D eigenvalue weighted by Crippen LogP contribution is 2.43. The summed E-state index contributed by atoms with van der Waals surface area (Å²) in [6.45, 7) is 1.54. The molecule has 2 N–H and O–H groups in total. The molecule has 2 heterocycles. The standard InChI is InChI=1S/C31H42N2O4/c34-21-13-3-1-11-19-31(20-12-2-4-14-22-35,29-32-27(23-36-29)25-15-7-5-8-16-25)30-33-28(24-37-30)26-17-9-6-10-18-26/h5-10,15-18,27-28,34-35H,1-4,11-14,19-24H2/t27-,28-/m0/s1. The lowest BCUT2D eigenvalue weighted by atomic mass is 9.76. The van der Waals surface area contributed by atoms with E-state index in [1.807, 2.05) is 36.4 Å². The average molecular weight is 507 g/mol. The number of nitrogens with zero attached hydrogens (tertiary/aromatic N) is 2. The molecule has 0 bridgehead atoms. The highest BCUT2D eigenvalue weighted by Gasteiger charge is 2.48. The summed E-state index contributed by atoms with van der Waals surface area (Å²) in [6.07, 6.45) is 9.45. The van der Waals surface area contributed by atoms with Crippen LogP contribution in [0.1, 0.15) is 87.4 Å². The predicted molar refractivity (Wildman–Crippen MR) is 148 cm³/mol. The second-order valence-electron chi connectivity index (χ2n) is 10.2. The highest BCUT2D eigenvalue weighted by molar-refractivity contribution is 6.06. The Morgan fingerprint density at radius 2 is 1.00 bits per heavy atom. The molecule has 0 spiro atoms. The molecule has 0 aliphatic carbocycles. The minimum absolute atomic E-state index is 0.0220. The van der Waals surface area contributed by atoms with Gasteiger partial charge in [0.05, 0.1) is 0 Å². The Balaban J connectivity index is 1.64. The lowest BCUT2D eigenvalue weighted by Gasteiger charge is -2.32. The van der Waals surface area contributed by atoms with Crippen LogP contribution in [-0.2, 0) is 9.47 Å². The maximum atomic E-state index is 9.24. The zero-order chi connectivity index (χ0) is 25.8. The summed E-state index contributed by atoms with van der Waals surface area (Å²) in [4.78, 5) is 10.3. The van der Waals surface area contributed by atoms with E-state index in [0.29, 0.717) is 13.2 Å². The van der Waals surface area contributed by atoms with Gasteiger partial charge in [-0.1, -0.05) is 99.2 Å². The molecule has 0 amide bonds. The van der Waals surface area contributed by atoms with Crippen molar-refractivity contribution >= 4 is 11.8 Å². The fourth-order valence-electron chi connectivity index (χ4n) is 5.39. The van der Waals surface area contributed by atoms with E-state index in [0.717, 1.165) is 87.1 Å². The number of hydrogen-bond acceptors (Lipinski definition) is 6. The SMILES string of the molecule is OCCCCCCC(CCCCCCO)(C1=N[C@H](c2ccccc2)CO1)C1=N[C@H](c2ccccc2)CO1. The Hall–Kier alpha value is -2.70. The maximum Gasteiger partial charge on any atom is 0.200 e. The quantitative estimate of drug-likeness (QED) is 0.266. The third kappa shape index (κ3) is 7.20. The first-order valence-corrected chi connectivity index (χ1v) is 14.0. The van der Waals surface area contributed by atoms with Gasteiger partial charge in [-0.15, -0.1) is 0 Å². The van der Waals surface area contributed by atoms with E-state index < -0.39 is 5.41 Å². The largest absolute Gasteiger partial charge is 0.478 e. The minimum Gasteiger partial charge on any atom is -0.478 e. The van der Waals surface area contributed by atoms with E-state index in [2.05, 4.69) is 24.3 Å². The normalized spacial score (nSPS) is 19.3. The van der Waals surface area contributed by atoms with E-state index in [1.165, 1.54) is 0 Å². The zero-order valence-electron chi connectivity index (χ0n) is 21.9. The molecule has 2 aliphatic heterocycles. The van der Waals surface area contributed by atoms with E-state index in [9.17, 15) is 10.2 Å². The van der Waals surface area contributed by atoms with Gasteiger partial charge in [0.1, 0.15) is 30.7 Å². The summed E-state index contributed by atoms with van der Waals surface area (Å²) < 4.78 is 12.8. The molecule has 2 aliphatic rings. The summed E-state index contributed by atoms with van der Waals surface area (Å²) in [6, 6.07) is 20.7. The van der Waals surface area contributed by atoms with Crippen LogP contribution >= 0.6 is 0 Å². The molecule has 0 fully saturated rings. The summed E-state index contributed by atoms with van der Waals surface area (Å²) in [5, 5.41) is 18.5. The Morgan fingerprint density at radius 3 is 1.41 bits per heavy atom. The second-order valence-corrected chi connectivity index (χ2v) is 10.2. The minimum atomic E-state index is -0.495. The van der Waals surface area contributed by atoms with Crippen LogP contribution < -0.4 is 0 Å². The van der Waals surface area contributed by atoms with Crippen molar-refractivity contribution in [2.24, 2.45) is 15.4 Å². The molecule has 200 valence electrons. The van der Waals surface area contributed by atoms with Gasteiger partial charge in [-0.25, -0.2) is 9.98 Å². The summed E-state index contributed by atoms with van der Waals surface area (Å²) >= 11 is 0. The number of benzene rings is 2. The van der Waals surface area contributed by atoms with E-state index in [4.69, 9.17) is 19.5 Å². The molecule has 2 aromatic carbocycles. The number of aliphatic imine (C=N–C) groups is 2. The van der Waals surface area contributed by atoms with Gasteiger partial charge in [-0.05, 0) is 36.8 Å².